The molecule has 0 saturated carbocycles. The number of fused-ring (bicyclic) bond motifs is 3. The van der Waals surface area contributed by atoms with Gasteiger partial charge in [-0.25, -0.2) is 13.2 Å². The normalized spacial score (nSPS) is 14.8. The molecule has 0 bridgehead atoms. The fourth-order valence-electron chi connectivity index (χ4n) is 2.50. The predicted octanol–water partition coefficient (Wildman–Crippen LogP) is 2.19. The van der Waals surface area contributed by atoms with Gasteiger partial charge in [-0.3, -0.25) is 4.79 Å². The van der Waals surface area contributed by atoms with E-state index >= 15 is 0 Å². The molecule has 24 heavy (non-hydrogen) atoms. The standard InChI is InChI=1S/C16H12FNO5S/c17-14(19)8-18-16(20)23-9-12-7-11-6-5-10-3-1-2-4-13(10)15(11)24(12,21)22/h1-7H,8-9H2,(H,18,20). The van der Waals surface area contributed by atoms with Crippen LogP contribution in [0.1, 0.15) is 5.56 Å². The van der Waals surface area contributed by atoms with Crippen molar-refractivity contribution in [2.75, 3.05) is 13.2 Å². The number of amides is 1. The molecule has 0 aromatic heterocycles. The van der Waals surface area contributed by atoms with E-state index in [0.29, 0.717) is 10.9 Å². The molecule has 0 unspecified atom stereocenters. The minimum absolute atomic E-state index is 0.0735. The number of rotatable bonds is 4. The molecule has 8 heteroatoms. The van der Waals surface area contributed by atoms with Crippen LogP contribution in [0.3, 0.4) is 0 Å². The molecule has 1 N–H and O–H groups in total. The molecule has 6 nitrogen and oxygen atoms in total. The average molecular weight is 349 g/mol. The first-order chi connectivity index (χ1) is 11.4. The number of alkyl carbamates (subject to hydrolysis) is 1. The highest BCUT2D eigenvalue weighted by Crippen LogP contribution is 2.37. The van der Waals surface area contributed by atoms with Gasteiger partial charge in [0.15, 0.2) is 0 Å². The van der Waals surface area contributed by atoms with E-state index in [2.05, 4.69) is 0 Å². The lowest BCUT2D eigenvalue weighted by molar-refractivity contribution is -0.128. The fourth-order valence-corrected chi connectivity index (χ4v) is 4.18. The second-order valence-corrected chi connectivity index (χ2v) is 7.04. The minimum Gasteiger partial charge on any atom is -0.444 e. The van der Waals surface area contributed by atoms with Gasteiger partial charge in [0.1, 0.15) is 13.2 Å². The van der Waals surface area contributed by atoms with E-state index in [0.717, 1.165) is 5.39 Å². The molecule has 3 rings (SSSR count). The lowest BCUT2D eigenvalue weighted by Gasteiger charge is -2.08. The first-order valence-electron chi connectivity index (χ1n) is 6.96. The maximum atomic E-state index is 12.7. The Bertz CT molecular complexity index is 981. The van der Waals surface area contributed by atoms with Crippen LogP contribution in [-0.4, -0.2) is 33.7 Å². The third-order valence-corrected chi connectivity index (χ3v) is 5.48. The molecular formula is C16H12FNO5S. The number of hydrogen-bond acceptors (Lipinski definition) is 5. The first-order valence-corrected chi connectivity index (χ1v) is 8.44. The molecule has 2 aromatic rings. The summed E-state index contributed by atoms with van der Waals surface area (Å²) in [6, 6.07) is 8.84. The average Bonchev–Trinajstić information content (AvgIpc) is 2.81. The Morgan fingerprint density at radius 3 is 2.62 bits per heavy atom. The van der Waals surface area contributed by atoms with Crippen molar-refractivity contribution in [2.24, 2.45) is 0 Å². The van der Waals surface area contributed by atoms with Crippen LogP contribution in [0.15, 0.2) is 46.2 Å². The quantitative estimate of drug-likeness (QED) is 0.855. The SMILES string of the molecule is O=C(F)CNC(=O)OCC1=Cc2ccc3ccccc3c2S1(=O)=O. The first kappa shape index (κ1) is 16.1. The summed E-state index contributed by atoms with van der Waals surface area (Å²) in [6.45, 7) is -1.33. The van der Waals surface area contributed by atoms with Crippen LogP contribution < -0.4 is 5.32 Å². The summed E-state index contributed by atoms with van der Waals surface area (Å²) >= 11 is 0. The van der Waals surface area contributed by atoms with Crippen LogP contribution in [0.5, 0.6) is 0 Å². The number of carbonyl (C=O) groups excluding carboxylic acids is 2. The van der Waals surface area contributed by atoms with Gasteiger partial charge >= 0.3 is 12.1 Å². The molecule has 1 aliphatic rings. The second kappa shape index (κ2) is 6.04. The summed E-state index contributed by atoms with van der Waals surface area (Å²) in [5.74, 6) is 0. The van der Waals surface area contributed by atoms with Crippen LogP contribution in [0.2, 0.25) is 0 Å². The second-order valence-electron chi connectivity index (χ2n) is 5.10. The van der Waals surface area contributed by atoms with Crippen molar-refractivity contribution in [3.8, 4) is 0 Å². The molecule has 124 valence electrons. The van der Waals surface area contributed by atoms with Crippen molar-refractivity contribution in [3.05, 3.63) is 46.9 Å². The smallest absolute Gasteiger partial charge is 0.407 e. The van der Waals surface area contributed by atoms with E-state index in [1.54, 1.807) is 24.3 Å². The summed E-state index contributed by atoms with van der Waals surface area (Å²) in [5, 5.41) is 3.25. The van der Waals surface area contributed by atoms with Gasteiger partial charge in [0, 0.05) is 5.39 Å². The zero-order chi connectivity index (χ0) is 17.3. The third-order valence-electron chi connectivity index (χ3n) is 3.56. The summed E-state index contributed by atoms with van der Waals surface area (Å²) in [6.07, 6.45) is 0.364. The van der Waals surface area contributed by atoms with Crippen molar-refractivity contribution in [2.45, 2.75) is 4.90 Å². The zero-order valence-corrected chi connectivity index (χ0v) is 13.1. The number of benzene rings is 2. The van der Waals surface area contributed by atoms with E-state index in [9.17, 15) is 22.4 Å². The van der Waals surface area contributed by atoms with E-state index < -0.39 is 35.1 Å². The monoisotopic (exact) mass is 349 g/mol. The van der Waals surface area contributed by atoms with E-state index in [-0.39, 0.29) is 9.80 Å². The highest BCUT2D eigenvalue weighted by molar-refractivity contribution is 7.96. The van der Waals surface area contributed by atoms with Crippen LogP contribution in [-0.2, 0) is 19.4 Å². The highest BCUT2D eigenvalue weighted by Gasteiger charge is 2.32. The van der Waals surface area contributed by atoms with E-state index in [4.69, 9.17) is 4.74 Å². The van der Waals surface area contributed by atoms with E-state index in [1.165, 1.54) is 6.08 Å². The lowest BCUT2D eigenvalue weighted by atomic mass is 10.1. The van der Waals surface area contributed by atoms with Gasteiger partial charge in [-0.05, 0) is 17.0 Å². The molecule has 1 heterocycles. The molecule has 0 radical (unpaired) electrons. The number of nitrogens with one attached hydrogen (secondary N) is 1. The van der Waals surface area contributed by atoms with Crippen LogP contribution in [0.25, 0.3) is 16.8 Å². The molecule has 1 amide bonds. The summed E-state index contributed by atoms with van der Waals surface area (Å²) in [5.41, 5.74) is 0.520. The third kappa shape index (κ3) is 2.88. The Hall–Kier alpha value is -2.74. The Morgan fingerprint density at radius 2 is 1.88 bits per heavy atom. The number of halogens is 1. The van der Waals surface area contributed by atoms with Crippen molar-refractivity contribution in [1.29, 1.82) is 0 Å². The molecular weight excluding hydrogens is 337 g/mol. The van der Waals surface area contributed by atoms with Gasteiger partial charge in [-0.1, -0.05) is 36.4 Å². The Kier molecular flexibility index (Phi) is 4.06. The van der Waals surface area contributed by atoms with Crippen molar-refractivity contribution >= 4 is 38.8 Å². The number of sulfone groups is 1. The molecule has 0 fully saturated rings. The molecule has 2 aromatic carbocycles. The number of ether oxygens (including phenoxy) is 1. The van der Waals surface area contributed by atoms with Crippen LogP contribution in [0, 0.1) is 0 Å². The molecule has 0 spiro atoms. The van der Waals surface area contributed by atoms with Crippen molar-refractivity contribution in [1.82, 2.24) is 5.32 Å². The Labute approximate surface area is 136 Å². The summed E-state index contributed by atoms with van der Waals surface area (Å²) < 4.78 is 42.1. The molecule has 1 aliphatic heterocycles. The fraction of sp³-hybridized carbons (Fsp3) is 0.125. The summed E-state index contributed by atoms with van der Waals surface area (Å²) in [4.78, 5) is 21.6. The van der Waals surface area contributed by atoms with Gasteiger partial charge in [0.25, 0.3) is 0 Å². The Morgan fingerprint density at radius 1 is 1.12 bits per heavy atom. The number of carbonyl (C=O) groups is 2. The molecule has 0 saturated heterocycles. The zero-order valence-electron chi connectivity index (χ0n) is 12.3. The van der Waals surface area contributed by atoms with Crippen molar-refractivity contribution < 1.29 is 27.1 Å². The molecule has 0 aliphatic carbocycles. The van der Waals surface area contributed by atoms with Gasteiger partial charge in [0.2, 0.25) is 9.84 Å². The van der Waals surface area contributed by atoms with Gasteiger partial charge < -0.3 is 10.1 Å². The largest absolute Gasteiger partial charge is 0.444 e. The maximum absolute atomic E-state index is 12.7. The van der Waals surface area contributed by atoms with Gasteiger partial charge in [0.05, 0.1) is 9.80 Å². The maximum Gasteiger partial charge on any atom is 0.407 e. The number of hydrogen-bond donors (Lipinski definition) is 1. The topological polar surface area (TPSA) is 89.5 Å². The van der Waals surface area contributed by atoms with Gasteiger partial charge in [-0.15, -0.1) is 0 Å². The van der Waals surface area contributed by atoms with Crippen LogP contribution >= 0.6 is 0 Å². The minimum atomic E-state index is -3.78. The van der Waals surface area contributed by atoms with Crippen molar-refractivity contribution in [3.63, 3.8) is 0 Å². The summed E-state index contributed by atoms with van der Waals surface area (Å²) in [7, 11) is -3.78. The van der Waals surface area contributed by atoms with E-state index in [1.807, 2.05) is 17.4 Å². The Balaban J connectivity index is 1.84. The van der Waals surface area contributed by atoms with Gasteiger partial charge in [-0.2, -0.15) is 4.39 Å². The lowest BCUT2D eigenvalue weighted by Crippen LogP contribution is -2.29. The van der Waals surface area contributed by atoms with Crippen LogP contribution in [0.4, 0.5) is 9.18 Å². The molecule has 0 atom stereocenters. The predicted molar refractivity (Wildman–Crippen MR) is 84.6 cm³/mol. The highest BCUT2D eigenvalue weighted by atomic mass is 32.2.